The fraction of sp³-hybridized carbons (Fsp3) is 0.588. The van der Waals surface area contributed by atoms with Crippen LogP contribution >= 0.6 is 0 Å². The molecule has 1 N–H and O–H groups in total. The van der Waals surface area contributed by atoms with Crippen molar-refractivity contribution >= 4 is 5.91 Å². The van der Waals surface area contributed by atoms with Gasteiger partial charge in [0.1, 0.15) is 0 Å². The lowest BCUT2D eigenvalue weighted by atomic mass is 10.00. The van der Waals surface area contributed by atoms with Crippen LogP contribution in [-0.2, 0) is 11.3 Å². The second kappa shape index (κ2) is 6.72. The molecule has 0 aromatic heterocycles. The first-order valence-electron chi connectivity index (χ1n) is 7.92. The Morgan fingerprint density at radius 3 is 2.29 bits per heavy atom. The molecule has 7 heteroatoms. The Bertz CT molecular complexity index is 575. The van der Waals surface area contributed by atoms with Crippen LogP contribution in [0.5, 0.6) is 0 Å². The summed E-state index contributed by atoms with van der Waals surface area (Å²) in [5, 5.41) is 9.65. The van der Waals surface area contributed by atoms with E-state index in [1.54, 1.807) is 6.92 Å². The molecule has 1 amide bonds. The predicted octanol–water partition coefficient (Wildman–Crippen LogP) is 2.42. The van der Waals surface area contributed by atoms with Gasteiger partial charge in [0.05, 0.1) is 0 Å². The van der Waals surface area contributed by atoms with Crippen molar-refractivity contribution in [3.05, 3.63) is 35.9 Å². The second-order valence-electron chi connectivity index (χ2n) is 6.64. The number of hydrogen-bond donors (Lipinski definition) is 1. The molecule has 1 aromatic rings. The van der Waals surface area contributed by atoms with Gasteiger partial charge < -0.3 is 10.0 Å². The maximum absolute atomic E-state index is 12.9. The van der Waals surface area contributed by atoms with Crippen molar-refractivity contribution in [2.75, 3.05) is 13.1 Å². The van der Waals surface area contributed by atoms with Gasteiger partial charge in [0.15, 0.2) is 0 Å². The van der Waals surface area contributed by atoms with Crippen molar-refractivity contribution < 1.29 is 23.1 Å². The molecular formula is C17H23F3N2O2. The molecule has 0 radical (unpaired) electrons. The normalized spacial score (nSPS) is 25.4. The van der Waals surface area contributed by atoms with E-state index in [0.717, 1.165) is 10.5 Å². The highest BCUT2D eigenvalue weighted by Crippen LogP contribution is 2.33. The first kappa shape index (κ1) is 18.7. The van der Waals surface area contributed by atoms with E-state index in [4.69, 9.17) is 0 Å². The standard InChI is InChI=1S/C17H23F3N2O2/c1-12-10-22(15(23)16(3,24)17(18,19)20)13(2)9-21(12)11-14-7-5-4-6-8-14/h4-8,12-13,24H,9-11H2,1-3H3/t12-,13+,16+/m0/s1. The number of alkyl halides is 3. The third-order valence-electron chi connectivity index (χ3n) is 4.57. The Labute approximate surface area is 139 Å². The molecule has 1 aliphatic heterocycles. The smallest absolute Gasteiger partial charge is 0.373 e. The number of nitrogens with zero attached hydrogens (tertiary/aromatic N) is 2. The van der Waals surface area contributed by atoms with Crippen molar-refractivity contribution in [3.8, 4) is 0 Å². The molecule has 0 unspecified atom stereocenters. The van der Waals surface area contributed by atoms with Gasteiger partial charge in [0.2, 0.25) is 5.60 Å². The van der Waals surface area contributed by atoms with Gasteiger partial charge in [-0.25, -0.2) is 0 Å². The molecule has 2 rings (SSSR count). The van der Waals surface area contributed by atoms with E-state index in [1.165, 1.54) is 0 Å². The van der Waals surface area contributed by atoms with Gasteiger partial charge in [-0.3, -0.25) is 9.69 Å². The average Bonchev–Trinajstić information content (AvgIpc) is 2.49. The summed E-state index contributed by atoms with van der Waals surface area (Å²) in [6.45, 7) is 5.37. The maximum Gasteiger partial charge on any atom is 0.426 e. The van der Waals surface area contributed by atoms with Gasteiger partial charge in [-0.1, -0.05) is 30.3 Å². The maximum atomic E-state index is 12.9. The van der Waals surface area contributed by atoms with Crippen molar-refractivity contribution in [1.29, 1.82) is 0 Å². The number of rotatable bonds is 3. The zero-order valence-electron chi connectivity index (χ0n) is 14.0. The lowest BCUT2D eigenvalue weighted by Gasteiger charge is -2.46. The largest absolute Gasteiger partial charge is 0.426 e. The number of carbonyl (C=O) groups excluding carboxylic acids is 1. The van der Waals surface area contributed by atoms with Crippen molar-refractivity contribution in [3.63, 3.8) is 0 Å². The molecule has 1 aromatic carbocycles. The zero-order valence-corrected chi connectivity index (χ0v) is 14.0. The Balaban J connectivity index is 2.09. The molecule has 0 bridgehead atoms. The number of hydrogen-bond acceptors (Lipinski definition) is 3. The number of benzene rings is 1. The minimum absolute atomic E-state index is 0.102. The average molecular weight is 344 g/mol. The van der Waals surface area contributed by atoms with E-state index >= 15 is 0 Å². The Morgan fingerprint density at radius 1 is 1.17 bits per heavy atom. The van der Waals surface area contributed by atoms with Crippen LogP contribution in [0.2, 0.25) is 0 Å². The summed E-state index contributed by atoms with van der Waals surface area (Å²) in [5.74, 6) is -1.28. The van der Waals surface area contributed by atoms with Crippen molar-refractivity contribution in [2.45, 2.75) is 51.2 Å². The van der Waals surface area contributed by atoms with Crippen molar-refractivity contribution in [1.82, 2.24) is 9.80 Å². The SMILES string of the molecule is C[C@@H]1CN(Cc2ccccc2)[C@@H](C)CN1C(=O)[C@@](C)(O)C(F)(F)F. The van der Waals surface area contributed by atoms with E-state index in [2.05, 4.69) is 4.90 Å². The molecule has 1 fully saturated rings. The fourth-order valence-corrected chi connectivity index (χ4v) is 2.92. The number of aliphatic hydroxyl groups is 1. The molecule has 0 aliphatic carbocycles. The lowest BCUT2D eigenvalue weighted by Crippen LogP contribution is -2.64. The van der Waals surface area contributed by atoms with Crippen LogP contribution in [0.25, 0.3) is 0 Å². The number of carbonyl (C=O) groups is 1. The van der Waals surface area contributed by atoms with Crippen LogP contribution < -0.4 is 0 Å². The topological polar surface area (TPSA) is 43.8 Å². The molecule has 1 aliphatic rings. The number of piperazine rings is 1. The van der Waals surface area contributed by atoms with Crippen LogP contribution in [-0.4, -0.2) is 57.8 Å². The molecule has 4 nitrogen and oxygen atoms in total. The lowest BCUT2D eigenvalue weighted by molar-refractivity contribution is -0.252. The summed E-state index contributed by atoms with van der Waals surface area (Å²) in [6.07, 6.45) is -4.99. The summed E-state index contributed by atoms with van der Waals surface area (Å²) in [6, 6.07) is 9.26. The quantitative estimate of drug-likeness (QED) is 0.916. The molecule has 134 valence electrons. The summed E-state index contributed by atoms with van der Waals surface area (Å²) >= 11 is 0. The number of halogens is 3. The third kappa shape index (κ3) is 3.72. The summed E-state index contributed by atoms with van der Waals surface area (Å²) in [5.41, 5.74) is -2.25. The van der Waals surface area contributed by atoms with Gasteiger partial charge >= 0.3 is 6.18 Å². The van der Waals surface area contributed by atoms with E-state index in [9.17, 15) is 23.1 Å². The Morgan fingerprint density at radius 2 is 1.75 bits per heavy atom. The summed E-state index contributed by atoms with van der Waals surface area (Å²) in [4.78, 5) is 15.5. The molecule has 0 saturated carbocycles. The van der Waals surface area contributed by atoms with Crippen LogP contribution in [0.3, 0.4) is 0 Å². The summed E-state index contributed by atoms with van der Waals surface area (Å²) in [7, 11) is 0. The molecule has 1 saturated heterocycles. The number of amides is 1. The van der Waals surface area contributed by atoms with E-state index in [0.29, 0.717) is 20.0 Å². The van der Waals surface area contributed by atoms with Crippen molar-refractivity contribution in [2.24, 2.45) is 0 Å². The third-order valence-corrected chi connectivity index (χ3v) is 4.57. The van der Waals surface area contributed by atoms with Crippen LogP contribution in [0, 0.1) is 0 Å². The minimum atomic E-state index is -4.99. The first-order valence-corrected chi connectivity index (χ1v) is 7.92. The molecule has 3 atom stereocenters. The molecule has 1 heterocycles. The first-order chi connectivity index (χ1) is 11.0. The molecular weight excluding hydrogens is 321 g/mol. The molecule has 24 heavy (non-hydrogen) atoms. The molecule has 0 spiro atoms. The van der Waals surface area contributed by atoms with Gasteiger partial charge in [-0.2, -0.15) is 13.2 Å². The Kier molecular flexibility index (Phi) is 5.25. The van der Waals surface area contributed by atoms with E-state index in [-0.39, 0.29) is 12.6 Å². The highest BCUT2D eigenvalue weighted by molar-refractivity contribution is 5.86. The van der Waals surface area contributed by atoms with Crippen LogP contribution in [0.1, 0.15) is 26.3 Å². The van der Waals surface area contributed by atoms with Gasteiger partial charge in [0, 0.05) is 31.7 Å². The van der Waals surface area contributed by atoms with Gasteiger partial charge in [-0.05, 0) is 26.3 Å². The fourth-order valence-electron chi connectivity index (χ4n) is 2.92. The highest BCUT2D eigenvalue weighted by Gasteiger charge is 2.58. The zero-order chi connectivity index (χ0) is 18.1. The summed E-state index contributed by atoms with van der Waals surface area (Å²) < 4.78 is 38.8. The monoisotopic (exact) mass is 344 g/mol. The predicted molar refractivity (Wildman–Crippen MR) is 84.2 cm³/mol. The second-order valence-corrected chi connectivity index (χ2v) is 6.64. The highest BCUT2D eigenvalue weighted by atomic mass is 19.4. The van der Waals surface area contributed by atoms with E-state index in [1.807, 2.05) is 37.3 Å². The van der Waals surface area contributed by atoms with E-state index < -0.39 is 23.7 Å². The Hall–Kier alpha value is -1.60. The van der Waals surface area contributed by atoms with Gasteiger partial charge in [-0.15, -0.1) is 0 Å². The van der Waals surface area contributed by atoms with Crippen LogP contribution in [0.15, 0.2) is 30.3 Å². The van der Waals surface area contributed by atoms with Gasteiger partial charge in [0.25, 0.3) is 5.91 Å². The minimum Gasteiger partial charge on any atom is -0.373 e. The van der Waals surface area contributed by atoms with Crippen LogP contribution in [0.4, 0.5) is 13.2 Å².